The Balaban J connectivity index is 1.51. The van der Waals surface area contributed by atoms with Gasteiger partial charge in [-0.2, -0.15) is 0 Å². The molecule has 0 aromatic heterocycles. The number of carboxylic acids is 1. The van der Waals surface area contributed by atoms with Crippen LogP contribution in [0.1, 0.15) is 88.7 Å². The van der Waals surface area contributed by atoms with Crippen molar-refractivity contribution in [3.63, 3.8) is 0 Å². The Morgan fingerprint density at radius 3 is 2.07 bits per heavy atom. The summed E-state index contributed by atoms with van der Waals surface area (Å²) in [6, 6.07) is 1.24. The van der Waals surface area contributed by atoms with Gasteiger partial charge in [0, 0.05) is 17.2 Å². The molecule has 2 saturated carbocycles. The Kier molecular flexibility index (Phi) is 6.11. The van der Waals surface area contributed by atoms with E-state index in [2.05, 4.69) is 6.92 Å². The minimum Gasteiger partial charge on any atom is -0.508 e. The summed E-state index contributed by atoms with van der Waals surface area (Å²) in [4.78, 5) is 11.2. The van der Waals surface area contributed by atoms with Crippen molar-refractivity contribution in [2.24, 2.45) is 10.8 Å². The molecule has 0 aliphatic heterocycles. The molecule has 0 spiro atoms. The molecule has 0 saturated heterocycles. The second-order valence-electron chi connectivity index (χ2n) is 9.38. The quantitative estimate of drug-likeness (QED) is 0.221. The molecule has 0 unspecified atom stereocenters. The van der Waals surface area contributed by atoms with E-state index >= 15 is 0 Å². The zero-order valence-corrected chi connectivity index (χ0v) is 17.0. The van der Waals surface area contributed by atoms with E-state index in [4.69, 9.17) is 0 Å². The lowest BCUT2D eigenvalue weighted by molar-refractivity contribution is -0.143. The van der Waals surface area contributed by atoms with Crippen LogP contribution >= 0.6 is 0 Å². The van der Waals surface area contributed by atoms with Crippen molar-refractivity contribution in [3.05, 3.63) is 17.2 Å². The lowest BCUT2D eigenvalue weighted by atomic mass is 9.92. The van der Waals surface area contributed by atoms with Crippen LogP contribution in [0.15, 0.2) is 6.07 Å². The minimum absolute atomic E-state index is 0.0609. The summed E-state index contributed by atoms with van der Waals surface area (Å²) >= 11 is 0. The summed E-state index contributed by atoms with van der Waals surface area (Å²) in [6.45, 7) is 2.32. The first-order valence-corrected chi connectivity index (χ1v) is 10.8. The molecule has 3 rings (SSSR count). The van der Waals surface area contributed by atoms with E-state index in [0.717, 1.165) is 50.5 Å². The summed E-state index contributed by atoms with van der Waals surface area (Å²) in [5, 5.41) is 39.8. The zero-order valence-electron chi connectivity index (χ0n) is 17.0. The number of rotatable bonds is 12. The predicted molar refractivity (Wildman–Crippen MR) is 108 cm³/mol. The van der Waals surface area contributed by atoms with Crippen molar-refractivity contribution < 1.29 is 25.2 Å². The van der Waals surface area contributed by atoms with Gasteiger partial charge in [-0.25, -0.2) is 0 Å². The summed E-state index contributed by atoms with van der Waals surface area (Å²) in [7, 11) is 0. The molecule has 1 aromatic rings. The summed E-state index contributed by atoms with van der Waals surface area (Å²) in [5.41, 5.74) is 1.45. The van der Waals surface area contributed by atoms with Crippen LogP contribution in [-0.2, 0) is 17.6 Å². The van der Waals surface area contributed by atoms with Gasteiger partial charge in [0.25, 0.3) is 0 Å². The normalized spacial score (nSPS) is 18.8. The molecule has 0 heterocycles. The van der Waals surface area contributed by atoms with Crippen LogP contribution in [0.5, 0.6) is 17.2 Å². The van der Waals surface area contributed by atoms with Gasteiger partial charge in [-0.1, -0.05) is 26.2 Å². The van der Waals surface area contributed by atoms with Gasteiger partial charge in [-0.3, -0.25) is 4.79 Å². The maximum Gasteiger partial charge on any atom is 0.309 e. The van der Waals surface area contributed by atoms with Crippen LogP contribution in [-0.4, -0.2) is 26.4 Å². The van der Waals surface area contributed by atoms with Crippen molar-refractivity contribution in [1.82, 2.24) is 0 Å². The highest BCUT2D eigenvalue weighted by atomic mass is 16.4. The van der Waals surface area contributed by atoms with Crippen LogP contribution in [0.3, 0.4) is 0 Å². The Morgan fingerprint density at radius 1 is 0.857 bits per heavy atom. The van der Waals surface area contributed by atoms with Gasteiger partial charge in [0.2, 0.25) is 0 Å². The second-order valence-corrected chi connectivity index (χ2v) is 9.38. The number of carboxylic acid groups (broad SMARTS) is 1. The Bertz CT molecular complexity index is 716. The third kappa shape index (κ3) is 4.92. The number of aromatic hydroxyl groups is 3. The fourth-order valence-electron chi connectivity index (χ4n) is 4.27. The van der Waals surface area contributed by atoms with Gasteiger partial charge in [-0.05, 0) is 69.6 Å². The largest absolute Gasteiger partial charge is 0.508 e. The molecule has 5 nitrogen and oxygen atoms in total. The number of hydrogen-bond acceptors (Lipinski definition) is 4. The monoisotopic (exact) mass is 390 g/mol. The third-order valence-corrected chi connectivity index (χ3v) is 6.93. The van der Waals surface area contributed by atoms with Crippen LogP contribution in [0.25, 0.3) is 0 Å². The molecule has 0 radical (unpaired) electrons. The molecule has 1 aromatic carbocycles. The Labute approximate surface area is 167 Å². The number of benzene rings is 1. The number of aliphatic carboxylic acids is 1. The maximum absolute atomic E-state index is 11.2. The molecule has 2 fully saturated rings. The highest BCUT2D eigenvalue weighted by Gasteiger charge is 2.49. The molecular weight excluding hydrogens is 356 g/mol. The first-order chi connectivity index (χ1) is 13.3. The summed E-state index contributed by atoms with van der Waals surface area (Å²) in [5.74, 6) is -1.01. The fraction of sp³-hybridized carbons (Fsp3) is 0.696. The van der Waals surface area contributed by atoms with Gasteiger partial charge in [-0.15, -0.1) is 0 Å². The minimum atomic E-state index is -0.676. The standard InChI is InChI=1S/C23H34O5/c1-22(11-12-22)9-6-4-7-16-17(20(26)19(25)15-18(16)24)8-3-2-5-10-23(13-14-23)21(27)28/h15,24-26H,2-14H2,1H3,(H,27,28). The maximum atomic E-state index is 11.2. The van der Waals surface area contributed by atoms with Crippen LogP contribution in [0.4, 0.5) is 0 Å². The fourth-order valence-corrected chi connectivity index (χ4v) is 4.27. The van der Waals surface area contributed by atoms with E-state index in [-0.39, 0.29) is 17.2 Å². The molecule has 156 valence electrons. The van der Waals surface area contributed by atoms with Crippen LogP contribution in [0, 0.1) is 10.8 Å². The van der Waals surface area contributed by atoms with Crippen molar-refractivity contribution >= 4 is 5.97 Å². The smallest absolute Gasteiger partial charge is 0.309 e. The van der Waals surface area contributed by atoms with Crippen molar-refractivity contribution in [1.29, 1.82) is 0 Å². The zero-order chi connectivity index (χ0) is 20.4. The average Bonchev–Trinajstić information content (AvgIpc) is 3.55. The van der Waals surface area contributed by atoms with Crippen LogP contribution < -0.4 is 0 Å². The number of carbonyl (C=O) groups is 1. The molecule has 2 aliphatic carbocycles. The lowest BCUT2D eigenvalue weighted by Crippen LogP contribution is -2.14. The first kappa shape index (κ1) is 20.8. The van der Waals surface area contributed by atoms with E-state index in [0.29, 0.717) is 30.2 Å². The van der Waals surface area contributed by atoms with Gasteiger partial charge >= 0.3 is 5.97 Å². The molecule has 5 heteroatoms. The molecule has 0 amide bonds. The van der Waals surface area contributed by atoms with Crippen molar-refractivity contribution in [2.45, 2.75) is 90.4 Å². The van der Waals surface area contributed by atoms with Crippen molar-refractivity contribution in [3.8, 4) is 17.2 Å². The Hall–Kier alpha value is -1.91. The molecule has 2 aliphatic rings. The predicted octanol–water partition coefficient (Wildman–Crippen LogP) is 5.28. The first-order valence-electron chi connectivity index (χ1n) is 10.8. The van der Waals surface area contributed by atoms with Gasteiger partial charge in [0.05, 0.1) is 5.41 Å². The van der Waals surface area contributed by atoms with E-state index in [9.17, 15) is 25.2 Å². The SMILES string of the molecule is CC1(CCCCc2c(O)cc(O)c(O)c2CCCCCC2(C(=O)O)CC2)CC1. The van der Waals surface area contributed by atoms with E-state index in [1.165, 1.54) is 25.3 Å². The molecule has 4 N–H and O–H groups in total. The van der Waals surface area contributed by atoms with E-state index in [1.807, 2.05) is 0 Å². The van der Waals surface area contributed by atoms with Gasteiger partial charge in [0.1, 0.15) is 5.75 Å². The highest BCUT2D eigenvalue weighted by molar-refractivity contribution is 5.77. The lowest BCUT2D eigenvalue weighted by Gasteiger charge is -2.16. The number of hydrogen-bond donors (Lipinski definition) is 4. The summed E-state index contributed by atoms with van der Waals surface area (Å²) in [6.07, 6.45) is 12.0. The molecule has 0 atom stereocenters. The average molecular weight is 391 g/mol. The van der Waals surface area contributed by atoms with Crippen molar-refractivity contribution in [2.75, 3.05) is 0 Å². The van der Waals surface area contributed by atoms with Crippen LogP contribution in [0.2, 0.25) is 0 Å². The second kappa shape index (κ2) is 8.22. The number of unbranched alkanes of at least 4 members (excludes halogenated alkanes) is 3. The van der Waals surface area contributed by atoms with E-state index < -0.39 is 11.4 Å². The molecular formula is C23H34O5. The third-order valence-electron chi connectivity index (χ3n) is 6.93. The van der Waals surface area contributed by atoms with Gasteiger partial charge in [0.15, 0.2) is 11.5 Å². The summed E-state index contributed by atoms with van der Waals surface area (Å²) < 4.78 is 0. The van der Waals surface area contributed by atoms with E-state index in [1.54, 1.807) is 0 Å². The number of phenols is 3. The van der Waals surface area contributed by atoms with Gasteiger partial charge < -0.3 is 20.4 Å². The topological polar surface area (TPSA) is 98.0 Å². The highest BCUT2D eigenvalue weighted by Crippen LogP contribution is 2.50. The molecule has 28 heavy (non-hydrogen) atoms. The molecule has 0 bridgehead atoms. The number of phenolic OH excluding ortho intramolecular Hbond substituents is 3. The Morgan fingerprint density at radius 2 is 1.46 bits per heavy atom.